The summed E-state index contributed by atoms with van der Waals surface area (Å²) in [4.78, 5) is 0. The summed E-state index contributed by atoms with van der Waals surface area (Å²) >= 11 is 0. The second-order valence-electron chi connectivity index (χ2n) is 4.11. The van der Waals surface area contributed by atoms with Crippen LogP contribution in [-0.4, -0.2) is 5.11 Å². The van der Waals surface area contributed by atoms with Crippen molar-refractivity contribution in [3.63, 3.8) is 0 Å². The molecule has 1 atom stereocenters. The van der Waals surface area contributed by atoms with Gasteiger partial charge in [0.2, 0.25) is 0 Å². The smallest absolute Gasteiger partial charge is 0.134 e. The summed E-state index contributed by atoms with van der Waals surface area (Å²) in [5.41, 5.74) is 5.80. The van der Waals surface area contributed by atoms with Crippen molar-refractivity contribution in [3.05, 3.63) is 29.3 Å². The highest BCUT2D eigenvalue weighted by Gasteiger charge is 2.27. The second-order valence-corrected chi connectivity index (χ2v) is 4.11. The van der Waals surface area contributed by atoms with Gasteiger partial charge in [0.05, 0.1) is 0 Å². The molecular formula is C11H14ClF2NO. The number of hydrogen-bond acceptors (Lipinski definition) is 2. The zero-order chi connectivity index (χ0) is 11.0. The van der Waals surface area contributed by atoms with Gasteiger partial charge in [-0.2, -0.15) is 0 Å². The number of nitrogens with two attached hydrogens (primary N) is 1. The van der Waals surface area contributed by atoms with Crippen molar-refractivity contribution in [2.75, 3.05) is 0 Å². The number of benzene rings is 1. The van der Waals surface area contributed by atoms with Gasteiger partial charge in [0.25, 0.3) is 0 Å². The minimum atomic E-state index is -0.785. The summed E-state index contributed by atoms with van der Waals surface area (Å²) in [7, 11) is 0. The van der Waals surface area contributed by atoms with Crippen LogP contribution in [0.2, 0.25) is 0 Å². The molecule has 0 aliphatic heterocycles. The Bertz CT molecular complexity index is 359. The van der Waals surface area contributed by atoms with Crippen LogP contribution in [0, 0.1) is 17.6 Å². The van der Waals surface area contributed by atoms with Crippen molar-refractivity contribution < 1.29 is 13.9 Å². The van der Waals surface area contributed by atoms with Gasteiger partial charge in [-0.3, -0.25) is 0 Å². The molecule has 1 aliphatic carbocycles. The summed E-state index contributed by atoms with van der Waals surface area (Å²) in [6.45, 7) is 0. The fourth-order valence-electron chi connectivity index (χ4n) is 1.77. The van der Waals surface area contributed by atoms with Crippen molar-refractivity contribution >= 4 is 12.4 Å². The number of aromatic hydroxyl groups is 1. The third kappa shape index (κ3) is 2.83. The van der Waals surface area contributed by atoms with Gasteiger partial charge in [-0.25, -0.2) is 8.78 Å². The molecular weight excluding hydrogens is 236 g/mol. The summed E-state index contributed by atoms with van der Waals surface area (Å²) in [5, 5.41) is 9.42. The molecule has 1 aliphatic rings. The molecule has 2 nitrogen and oxygen atoms in total. The number of phenolic OH excluding ortho intramolecular Hbond substituents is 1. The van der Waals surface area contributed by atoms with E-state index >= 15 is 0 Å². The average molecular weight is 250 g/mol. The molecule has 90 valence electrons. The maximum Gasteiger partial charge on any atom is 0.134 e. The first kappa shape index (κ1) is 13.2. The van der Waals surface area contributed by atoms with Crippen molar-refractivity contribution in [2.45, 2.75) is 25.3 Å². The Morgan fingerprint density at radius 2 is 2.00 bits per heavy atom. The largest absolute Gasteiger partial charge is 0.507 e. The molecule has 0 unspecified atom stereocenters. The molecule has 0 heterocycles. The van der Waals surface area contributed by atoms with E-state index in [0.717, 1.165) is 25.0 Å². The number of hydrogen-bond donors (Lipinski definition) is 2. The summed E-state index contributed by atoms with van der Waals surface area (Å²) in [5.74, 6) is -1.41. The summed E-state index contributed by atoms with van der Waals surface area (Å²) in [6, 6.07) is 1.10. The second kappa shape index (κ2) is 4.97. The van der Waals surface area contributed by atoms with Gasteiger partial charge in [0, 0.05) is 23.7 Å². The van der Waals surface area contributed by atoms with Crippen LogP contribution in [-0.2, 0) is 0 Å². The molecule has 2 rings (SSSR count). The Hall–Kier alpha value is -0.870. The monoisotopic (exact) mass is 249 g/mol. The summed E-state index contributed by atoms with van der Waals surface area (Å²) in [6.07, 6.45) is 2.87. The molecule has 0 aromatic heterocycles. The lowest BCUT2D eigenvalue weighted by molar-refractivity contribution is 0.433. The molecule has 16 heavy (non-hydrogen) atoms. The molecule has 1 saturated carbocycles. The van der Waals surface area contributed by atoms with Crippen molar-refractivity contribution in [2.24, 2.45) is 11.7 Å². The summed E-state index contributed by atoms with van der Waals surface area (Å²) < 4.78 is 26.1. The van der Waals surface area contributed by atoms with Crippen LogP contribution >= 0.6 is 12.4 Å². The Kier molecular flexibility index (Phi) is 4.10. The van der Waals surface area contributed by atoms with E-state index in [-0.39, 0.29) is 23.7 Å². The van der Waals surface area contributed by atoms with Crippen LogP contribution in [0.3, 0.4) is 0 Å². The zero-order valence-corrected chi connectivity index (χ0v) is 9.44. The van der Waals surface area contributed by atoms with Crippen LogP contribution in [0.15, 0.2) is 12.1 Å². The molecule has 1 aromatic rings. The quantitative estimate of drug-likeness (QED) is 0.865. The first-order valence-corrected chi connectivity index (χ1v) is 5.01. The Labute approximate surface area is 98.9 Å². The van der Waals surface area contributed by atoms with E-state index in [1.807, 2.05) is 0 Å². The SMILES string of the molecule is Cl.N[C@H](CC1CC1)c1c(O)cc(F)cc1F. The van der Waals surface area contributed by atoms with E-state index < -0.39 is 17.7 Å². The van der Waals surface area contributed by atoms with Gasteiger partial charge in [-0.15, -0.1) is 12.4 Å². The fourth-order valence-corrected chi connectivity index (χ4v) is 1.77. The number of phenols is 1. The molecule has 1 fully saturated rings. The van der Waals surface area contributed by atoms with Crippen molar-refractivity contribution in [3.8, 4) is 5.75 Å². The van der Waals surface area contributed by atoms with E-state index in [9.17, 15) is 13.9 Å². The van der Waals surface area contributed by atoms with E-state index in [1.165, 1.54) is 0 Å². The molecule has 5 heteroatoms. The first-order valence-electron chi connectivity index (χ1n) is 5.01. The lowest BCUT2D eigenvalue weighted by atomic mass is 10.0. The van der Waals surface area contributed by atoms with Crippen molar-refractivity contribution in [1.29, 1.82) is 0 Å². The Balaban J connectivity index is 0.00000128. The number of halogens is 3. The standard InChI is InChI=1S/C11H13F2NO.ClH/c12-7-4-8(13)11(10(15)5-7)9(14)3-6-1-2-6;/h4-6,9,15H,1-3,14H2;1H/t9-;/m1./s1. The van der Waals surface area contributed by atoms with Gasteiger partial charge in [-0.1, -0.05) is 12.8 Å². The molecule has 0 radical (unpaired) electrons. The first-order chi connectivity index (χ1) is 7.08. The van der Waals surface area contributed by atoms with Crippen LogP contribution in [0.25, 0.3) is 0 Å². The van der Waals surface area contributed by atoms with Gasteiger partial charge in [-0.05, 0) is 12.3 Å². The predicted molar refractivity (Wildman–Crippen MR) is 59.5 cm³/mol. The van der Waals surface area contributed by atoms with Crippen molar-refractivity contribution in [1.82, 2.24) is 0 Å². The minimum Gasteiger partial charge on any atom is -0.507 e. The fraction of sp³-hybridized carbons (Fsp3) is 0.455. The van der Waals surface area contributed by atoms with E-state index in [4.69, 9.17) is 5.73 Å². The number of rotatable bonds is 3. The minimum absolute atomic E-state index is 0. The lowest BCUT2D eigenvalue weighted by Gasteiger charge is -2.14. The molecule has 3 N–H and O–H groups in total. The average Bonchev–Trinajstić information content (AvgIpc) is 2.85. The highest BCUT2D eigenvalue weighted by atomic mass is 35.5. The highest BCUT2D eigenvalue weighted by molar-refractivity contribution is 5.85. The third-order valence-electron chi connectivity index (χ3n) is 2.73. The third-order valence-corrected chi connectivity index (χ3v) is 2.73. The van der Waals surface area contributed by atoms with Crippen LogP contribution in [0.4, 0.5) is 8.78 Å². The molecule has 0 bridgehead atoms. The maximum atomic E-state index is 13.4. The highest BCUT2D eigenvalue weighted by Crippen LogP contribution is 2.39. The van der Waals surface area contributed by atoms with E-state index in [2.05, 4.69) is 0 Å². The van der Waals surface area contributed by atoms with Crippen LogP contribution in [0.1, 0.15) is 30.9 Å². The van der Waals surface area contributed by atoms with Crippen LogP contribution < -0.4 is 5.73 Å². The van der Waals surface area contributed by atoms with Gasteiger partial charge < -0.3 is 10.8 Å². The normalized spacial score (nSPS) is 16.7. The van der Waals surface area contributed by atoms with E-state index in [0.29, 0.717) is 12.3 Å². The maximum absolute atomic E-state index is 13.4. The van der Waals surface area contributed by atoms with Crippen LogP contribution in [0.5, 0.6) is 5.75 Å². The molecule has 0 spiro atoms. The van der Waals surface area contributed by atoms with Gasteiger partial charge in [0.1, 0.15) is 17.4 Å². The molecule has 1 aromatic carbocycles. The van der Waals surface area contributed by atoms with Gasteiger partial charge >= 0.3 is 0 Å². The topological polar surface area (TPSA) is 46.2 Å². The zero-order valence-electron chi connectivity index (χ0n) is 8.62. The lowest BCUT2D eigenvalue weighted by Crippen LogP contribution is -2.13. The Morgan fingerprint density at radius 1 is 1.38 bits per heavy atom. The molecule has 0 amide bonds. The molecule has 0 saturated heterocycles. The predicted octanol–water partition coefficient (Wildman–Crippen LogP) is 2.89. The van der Waals surface area contributed by atoms with Gasteiger partial charge in [0.15, 0.2) is 0 Å². The van der Waals surface area contributed by atoms with E-state index in [1.54, 1.807) is 0 Å². The Morgan fingerprint density at radius 3 is 2.50 bits per heavy atom.